The van der Waals surface area contributed by atoms with Crippen LogP contribution in [-0.2, 0) is 4.74 Å². The standard InChI is InChI=1S/C20H19ClN6O/c1-28-11-10-23-20-24-17(13-6-5-7-14(21)12-13)16-18(22)27(26-19(16)25-20)15-8-3-2-4-9-15/h2-9,12H,10-11,22H2,1H3,(H,23,25,26). The first-order chi connectivity index (χ1) is 13.7. The fraction of sp³-hybridized carbons (Fsp3) is 0.150. The van der Waals surface area contributed by atoms with Crippen molar-refractivity contribution in [2.45, 2.75) is 0 Å². The molecule has 0 radical (unpaired) electrons. The molecule has 0 amide bonds. The molecule has 28 heavy (non-hydrogen) atoms. The third kappa shape index (κ3) is 3.49. The van der Waals surface area contributed by atoms with Crippen molar-refractivity contribution < 1.29 is 4.74 Å². The van der Waals surface area contributed by atoms with Crippen LogP contribution in [0.2, 0.25) is 5.02 Å². The first-order valence-corrected chi connectivity index (χ1v) is 9.15. The number of para-hydroxylation sites is 1. The maximum atomic E-state index is 6.47. The predicted molar refractivity (Wildman–Crippen MR) is 112 cm³/mol. The number of benzene rings is 2. The lowest BCUT2D eigenvalue weighted by molar-refractivity contribution is 0.210. The van der Waals surface area contributed by atoms with Gasteiger partial charge in [-0.2, -0.15) is 4.98 Å². The van der Waals surface area contributed by atoms with Gasteiger partial charge in [-0.1, -0.05) is 41.9 Å². The summed E-state index contributed by atoms with van der Waals surface area (Å²) >= 11 is 6.20. The number of fused-ring (bicyclic) bond motifs is 1. The Balaban J connectivity index is 1.92. The molecule has 0 saturated carbocycles. The second kappa shape index (κ2) is 7.84. The number of nitrogen functional groups attached to an aromatic ring is 1. The topological polar surface area (TPSA) is 90.9 Å². The van der Waals surface area contributed by atoms with E-state index in [-0.39, 0.29) is 0 Å². The van der Waals surface area contributed by atoms with Crippen molar-refractivity contribution in [2.24, 2.45) is 0 Å². The monoisotopic (exact) mass is 394 g/mol. The van der Waals surface area contributed by atoms with E-state index in [0.29, 0.717) is 46.7 Å². The molecule has 0 aliphatic heterocycles. The highest BCUT2D eigenvalue weighted by Gasteiger charge is 2.19. The average molecular weight is 395 g/mol. The summed E-state index contributed by atoms with van der Waals surface area (Å²) < 4.78 is 6.76. The molecule has 0 bridgehead atoms. The van der Waals surface area contributed by atoms with Gasteiger partial charge >= 0.3 is 0 Å². The van der Waals surface area contributed by atoms with Crippen LogP contribution < -0.4 is 11.1 Å². The molecule has 4 rings (SSSR count). The Labute approximate surface area is 167 Å². The van der Waals surface area contributed by atoms with E-state index in [9.17, 15) is 0 Å². The zero-order valence-corrected chi connectivity index (χ0v) is 16.0. The van der Waals surface area contributed by atoms with Crippen molar-refractivity contribution in [1.29, 1.82) is 0 Å². The molecule has 0 saturated heterocycles. The lowest BCUT2D eigenvalue weighted by Gasteiger charge is -2.08. The van der Waals surface area contributed by atoms with Crippen molar-refractivity contribution in [3.63, 3.8) is 0 Å². The Kier molecular flexibility index (Phi) is 5.10. The first kappa shape index (κ1) is 18.2. The molecule has 0 fully saturated rings. The number of aromatic nitrogens is 4. The number of rotatable bonds is 6. The Hall–Kier alpha value is -3.16. The maximum absolute atomic E-state index is 6.47. The van der Waals surface area contributed by atoms with Gasteiger partial charge in [0.2, 0.25) is 5.95 Å². The van der Waals surface area contributed by atoms with Crippen LogP contribution in [0.3, 0.4) is 0 Å². The van der Waals surface area contributed by atoms with Crippen LogP contribution >= 0.6 is 11.6 Å². The van der Waals surface area contributed by atoms with E-state index in [0.717, 1.165) is 11.3 Å². The second-order valence-corrected chi connectivity index (χ2v) is 6.59. The van der Waals surface area contributed by atoms with Crippen molar-refractivity contribution >= 4 is 34.4 Å². The van der Waals surface area contributed by atoms with E-state index in [1.165, 1.54) is 0 Å². The van der Waals surface area contributed by atoms with Crippen LogP contribution in [0, 0.1) is 0 Å². The zero-order valence-electron chi connectivity index (χ0n) is 15.3. The predicted octanol–water partition coefficient (Wildman–Crippen LogP) is 3.78. The van der Waals surface area contributed by atoms with Crippen LogP contribution in [0.4, 0.5) is 11.8 Å². The molecular weight excluding hydrogens is 376 g/mol. The first-order valence-electron chi connectivity index (χ1n) is 8.78. The SMILES string of the molecule is COCCNc1nc(-c2cccc(Cl)c2)c2c(N)n(-c3ccccc3)nc2n1. The highest BCUT2D eigenvalue weighted by molar-refractivity contribution is 6.30. The summed E-state index contributed by atoms with van der Waals surface area (Å²) in [5.41, 5.74) is 9.34. The molecule has 8 heteroatoms. The van der Waals surface area contributed by atoms with Gasteiger partial charge in [0.1, 0.15) is 5.82 Å². The van der Waals surface area contributed by atoms with Gasteiger partial charge in [-0.05, 0) is 24.3 Å². The van der Waals surface area contributed by atoms with E-state index in [1.54, 1.807) is 11.8 Å². The molecule has 3 N–H and O–H groups in total. The van der Waals surface area contributed by atoms with Crippen LogP contribution in [0.1, 0.15) is 0 Å². The minimum atomic E-state index is 0.456. The third-order valence-corrected chi connectivity index (χ3v) is 4.49. The van der Waals surface area contributed by atoms with E-state index in [4.69, 9.17) is 22.1 Å². The highest BCUT2D eigenvalue weighted by Crippen LogP contribution is 2.33. The van der Waals surface area contributed by atoms with Crippen molar-refractivity contribution in [3.05, 3.63) is 59.6 Å². The summed E-state index contributed by atoms with van der Waals surface area (Å²) in [7, 11) is 1.64. The maximum Gasteiger partial charge on any atom is 0.225 e. The van der Waals surface area contributed by atoms with Gasteiger partial charge in [0.05, 0.1) is 23.4 Å². The molecule has 4 aromatic rings. The Bertz CT molecular complexity index is 1110. The number of hydrogen-bond acceptors (Lipinski definition) is 6. The normalized spacial score (nSPS) is 11.1. The summed E-state index contributed by atoms with van der Waals surface area (Å²) in [6, 6.07) is 17.2. The number of ether oxygens (including phenoxy) is 1. The highest BCUT2D eigenvalue weighted by atomic mass is 35.5. The van der Waals surface area contributed by atoms with E-state index in [1.807, 2.05) is 54.6 Å². The van der Waals surface area contributed by atoms with Crippen LogP contribution in [-0.4, -0.2) is 40.0 Å². The quantitative estimate of drug-likeness (QED) is 0.484. The minimum absolute atomic E-state index is 0.456. The summed E-state index contributed by atoms with van der Waals surface area (Å²) in [6.45, 7) is 1.11. The van der Waals surface area contributed by atoms with Crippen molar-refractivity contribution in [3.8, 4) is 16.9 Å². The smallest absolute Gasteiger partial charge is 0.225 e. The number of nitrogens with zero attached hydrogens (tertiary/aromatic N) is 4. The van der Waals surface area contributed by atoms with Gasteiger partial charge in [-0.25, -0.2) is 9.67 Å². The third-order valence-electron chi connectivity index (χ3n) is 4.26. The van der Waals surface area contributed by atoms with Gasteiger partial charge in [0.15, 0.2) is 5.65 Å². The fourth-order valence-corrected chi connectivity index (χ4v) is 3.16. The molecule has 2 aromatic heterocycles. The van der Waals surface area contributed by atoms with Crippen LogP contribution in [0.15, 0.2) is 54.6 Å². The van der Waals surface area contributed by atoms with E-state index < -0.39 is 0 Å². The van der Waals surface area contributed by atoms with Gasteiger partial charge in [0, 0.05) is 24.2 Å². The lowest BCUT2D eigenvalue weighted by Crippen LogP contribution is -2.10. The Morgan fingerprint density at radius 1 is 1.11 bits per heavy atom. The van der Waals surface area contributed by atoms with Crippen LogP contribution in [0.25, 0.3) is 28.0 Å². The van der Waals surface area contributed by atoms with Gasteiger partial charge in [0.25, 0.3) is 0 Å². The van der Waals surface area contributed by atoms with Gasteiger partial charge in [-0.3, -0.25) is 0 Å². The van der Waals surface area contributed by atoms with E-state index in [2.05, 4.69) is 20.4 Å². The molecule has 0 atom stereocenters. The molecule has 2 heterocycles. The zero-order chi connectivity index (χ0) is 19.5. The molecule has 0 spiro atoms. The Morgan fingerprint density at radius 3 is 2.68 bits per heavy atom. The van der Waals surface area contributed by atoms with Crippen molar-refractivity contribution in [1.82, 2.24) is 19.7 Å². The number of halogens is 1. The second-order valence-electron chi connectivity index (χ2n) is 6.16. The lowest BCUT2D eigenvalue weighted by atomic mass is 10.1. The summed E-state index contributed by atoms with van der Waals surface area (Å²) in [4.78, 5) is 9.22. The number of hydrogen-bond donors (Lipinski definition) is 2. The molecule has 2 aromatic carbocycles. The fourth-order valence-electron chi connectivity index (χ4n) is 2.97. The van der Waals surface area contributed by atoms with Crippen molar-refractivity contribution in [2.75, 3.05) is 31.3 Å². The Morgan fingerprint density at radius 2 is 1.93 bits per heavy atom. The minimum Gasteiger partial charge on any atom is -0.383 e. The summed E-state index contributed by atoms with van der Waals surface area (Å²) in [5, 5.41) is 9.08. The summed E-state index contributed by atoms with van der Waals surface area (Å²) in [5.74, 6) is 0.928. The van der Waals surface area contributed by atoms with Crippen LogP contribution in [0.5, 0.6) is 0 Å². The number of nitrogens with one attached hydrogen (secondary N) is 1. The molecule has 0 aliphatic carbocycles. The molecule has 0 aliphatic rings. The molecule has 142 valence electrons. The molecule has 7 nitrogen and oxygen atoms in total. The molecule has 0 unspecified atom stereocenters. The van der Waals surface area contributed by atoms with Gasteiger partial charge in [-0.15, -0.1) is 5.10 Å². The van der Waals surface area contributed by atoms with Gasteiger partial charge < -0.3 is 15.8 Å². The number of methoxy groups -OCH3 is 1. The largest absolute Gasteiger partial charge is 0.383 e. The number of nitrogens with two attached hydrogens (primary N) is 1. The molecular formula is C20H19ClN6O. The average Bonchev–Trinajstić information content (AvgIpc) is 3.05. The summed E-state index contributed by atoms with van der Waals surface area (Å²) in [6.07, 6.45) is 0. The number of anilines is 2. The van der Waals surface area contributed by atoms with E-state index >= 15 is 0 Å².